The topological polar surface area (TPSA) is 59.1 Å². The molecule has 194 valence electrons. The minimum absolute atomic E-state index is 0.120. The summed E-state index contributed by atoms with van der Waals surface area (Å²) in [6.45, 7) is 2.86. The monoisotopic (exact) mass is 512 g/mol. The molecule has 2 aromatic carbocycles. The second kappa shape index (κ2) is 12.1. The highest BCUT2D eigenvalue weighted by molar-refractivity contribution is 6.34. The fourth-order valence-corrected chi connectivity index (χ4v) is 5.52. The van der Waals surface area contributed by atoms with Gasteiger partial charge in [0.25, 0.3) is 11.8 Å². The molecule has 0 aliphatic carbocycles. The summed E-state index contributed by atoms with van der Waals surface area (Å²) in [7, 11) is 3.41. The van der Waals surface area contributed by atoms with Crippen LogP contribution in [0.15, 0.2) is 48.5 Å². The molecule has 6 nitrogen and oxygen atoms in total. The lowest BCUT2D eigenvalue weighted by Crippen LogP contribution is -2.49. The zero-order chi connectivity index (χ0) is 25.5. The zero-order valence-electron chi connectivity index (χ0n) is 21.4. The van der Waals surface area contributed by atoms with Crippen molar-refractivity contribution in [3.8, 4) is 5.75 Å². The van der Waals surface area contributed by atoms with Gasteiger partial charge in [0.05, 0.1) is 17.2 Å². The molecular weight excluding hydrogens is 476 g/mol. The number of hydrogen-bond donors (Lipinski definition) is 0. The number of amides is 2. The molecule has 4 rings (SSSR count). The first kappa shape index (κ1) is 26.5. The fraction of sp³-hybridized carbons (Fsp3) is 0.517. The van der Waals surface area contributed by atoms with E-state index in [9.17, 15) is 9.59 Å². The van der Waals surface area contributed by atoms with Crippen LogP contribution >= 0.6 is 11.6 Å². The van der Waals surface area contributed by atoms with Crippen LogP contribution in [0.3, 0.4) is 0 Å². The summed E-state index contributed by atoms with van der Waals surface area (Å²) in [5.74, 6) is 1.33. The first-order valence-electron chi connectivity index (χ1n) is 13.0. The largest absolute Gasteiger partial charge is 0.494 e. The molecule has 2 heterocycles. The van der Waals surface area contributed by atoms with Gasteiger partial charge in [-0.15, -0.1) is 0 Å². The highest BCUT2D eigenvalue weighted by Gasteiger charge is 2.47. The van der Waals surface area contributed by atoms with E-state index in [2.05, 4.69) is 0 Å². The molecule has 0 bridgehead atoms. The van der Waals surface area contributed by atoms with E-state index < -0.39 is 5.60 Å². The summed E-state index contributed by atoms with van der Waals surface area (Å²) < 4.78 is 12.0. The smallest absolute Gasteiger partial charge is 0.259 e. The van der Waals surface area contributed by atoms with Gasteiger partial charge in [-0.05, 0) is 68.2 Å². The van der Waals surface area contributed by atoms with Crippen LogP contribution in [0.2, 0.25) is 5.02 Å². The van der Waals surface area contributed by atoms with Gasteiger partial charge in [0, 0.05) is 33.8 Å². The molecule has 2 aromatic rings. The summed E-state index contributed by atoms with van der Waals surface area (Å²) in [4.78, 5) is 29.2. The second-order valence-corrected chi connectivity index (χ2v) is 10.5. The Bertz CT molecular complexity index is 1030. The molecule has 2 aliphatic heterocycles. The van der Waals surface area contributed by atoms with Gasteiger partial charge in [0.15, 0.2) is 5.60 Å². The molecule has 1 atom stereocenters. The third-order valence-corrected chi connectivity index (χ3v) is 7.67. The van der Waals surface area contributed by atoms with E-state index in [0.29, 0.717) is 35.5 Å². The van der Waals surface area contributed by atoms with Crippen molar-refractivity contribution >= 4 is 23.4 Å². The average molecular weight is 513 g/mol. The molecule has 2 aliphatic rings. The van der Waals surface area contributed by atoms with Crippen molar-refractivity contribution in [2.75, 3.05) is 40.4 Å². The molecular formula is C29H37ClN2O4. The maximum absolute atomic E-state index is 13.5. The lowest BCUT2D eigenvalue weighted by atomic mass is 9.86. The number of carbonyl (C=O) groups is 2. The normalized spacial score (nSPS) is 20.4. The van der Waals surface area contributed by atoms with E-state index >= 15 is 0 Å². The number of carbonyl (C=O) groups excluding carboxylic acids is 2. The third kappa shape index (κ3) is 6.04. The standard InChI is InChI=1S/C29H37ClN2O4/c1-31(2)27(33)25-13-12-24(21-26(25)30)35-19-7-6-9-22-14-17-32(18-15-22)28(34)29(16-8-20-36-29)23-10-4-3-5-11-23/h3-5,10-13,21-22H,6-9,14-20H2,1-2H3/t29-/m1/s1. The van der Waals surface area contributed by atoms with Gasteiger partial charge in [-0.2, -0.15) is 0 Å². The summed E-state index contributed by atoms with van der Waals surface area (Å²) in [5, 5.41) is 0.407. The maximum Gasteiger partial charge on any atom is 0.259 e. The highest BCUT2D eigenvalue weighted by atomic mass is 35.5. The Morgan fingerprint density at radius 1 is 1.11 bits per heavy atom. The maximum atomic E-state index is 13.5. The number of hydrogen-bond acceptors (Lipinski definition) is 4. The second-order valence-electron chi connectivity index (χ2n) is 10.1. The van der Waals surface area contributed by atoms with Gasteiger partial charge in [-0.25, -0.2) is 0 Å². The first-order valence-corrected chi connectivity index (χ1v) is 13.4. The molecule has 0 spiro atoms. The molecule has 0 N–H and O–H groups in total. The van der Waals surface area contributed by atoms with E-state index in [-0.39, 0.29) is 11.8 Å². The Balaban J connectivity index is 1.18. The number of piperidine rings is 1. The van der Waals surface area contributed by atoms with E-state index in [1.54, 1.807) is 32.3 Å². The predicted octanol–water partition coefficient (Wildman–Crippen LogP) is 5.54. The van der Waals surface area contributed by atoms with Crippen LogP contribution in [-0.2, 0) is 15.1 Å². The van der Waals surface area contributed by atoms with Crippen LogP contribution in [-0.4, -0.2) is 62.0 Å². The van der Waals surface area contributed by atoms with Gasteiger partial charge in [0.1, 0.15) is 5.75 Å². The van der Waals surface area contributed by atoms with Gasteiger partial charge in [0.2, 0.25) is 0 Å². The Morgan fingerprint density at radius 2 is 1.86 bits per heavy atom. The first-order chi connectivity index (χ1) is 17.4. The average Bonchev–Trinajstić information content (AvgIpc) is 3.40. The molecule has 7 heteroatoms. The van der Waals surface area contributed by atoms with Gasteiger partial charge < -0.3 is 19.3 Å². The SMILES string of the molecule is CN(C)C(=O)c1ccc(OCCCCC2CCN(C(=O)[C@]3(c4ccccc4)CCCO3)CC2)cc1Cl. The molecule has 0 aromatic heterocycles. The lowest BCUT2D eigenvalue weighted by Gasteiger charge is -2.38. The molecule has 0 saturated carbocycles. The molecule has 0 unspecified atom stereocenters. The Labute approximate surface area is 219 Å². The highest BCUT2D eigenvalue weighted by Crippen LogP contribution is 2.39. The fourth-order valence-electron chi connectivity index (χ4n) is 5.27. The minimum atomic E-state index is -0.799. The molecule has 2 fully saturated rings. The summed E-state index contributed by atoms with van der Waals surface area (Å²) >= 11 is 6.27. The van der Waals surface area contributed by atoms with Crippen LogP contribution in [0.5, 0.6) is 5.75 Å². The molecule has 2 saturated heterocycles. The summed E-state index contributed by atoms with van der Waals surface area (Å²) in [6, 6.07) is 15.2. The number of nitrogens with zero attached hydrogens (tertiary/aromatic N) is 2. The molecule has 2 amide bonds. The number of unbranched alkanes of at least 4 members (excludes halogenated alkanes) is 1. The van der Waals surface area contributed by atoms with Crippen LogP contribution < -0.4 is 4.74 Å². The lowest BCUT2D eigenvalue weighted by molar-refractivity contribution is -0.155. The van der Waals surface area contributed by atoms with Gasteiger partial charge >= 0.3 is 0 Å². The number of ether oxygens (including phenoxy) is 2. The van der Waals surface area contributed by atoms with Crippen molar-refractivity contribution in [1.82, 2.24) is 9.80 Å². The van der Waals surface area contributed by atoms with Crippen LogP contribution in [0.1, 0.15) is 60.9 Å². The number of likely N-dealkylation sites (tertiary alicyclic amines) is 1. The summed E-state index contributed by atoms with van der Waals surface area (Å²) in [5.41, 5.74) is 0.662. The zero-order valence-corrected chi connectivity index (χ0v) is 22.1. The van der Waals surface area contributed by atoms with Crippen molar-refractivity contribution in [1.29, 1.82) is 0 Å². The van der Waals surface area contributed by atoms with Crippen LogP contribution in [0, 0.1) is 5.92 Å². The number of halogens is 1. The Morgan fingerprint density at radius 3 is 2.50 bits per heavy atom. The van der Waals surface area contributed by atoms with Gasteiger partial charge in [-0.3, -0.25) is 9.59 Å². The van der Waals surface area contributed by atoms with Crippen LogP contribution in [0.4, 0.5) is 0 Å². The van der Waals surface area contributed by atoms with Crippen LogP contribution in [0.25, 0.3) is 0 Å². The Kier molecular flexibility index (Phi) is 8.91. The number of benzene rings is 2. The molecule has 36 heavy (non-hydrogen) atoms. The van der Waals surface area contributed by atoms with Crippen molar-refractivity contribution in [2.45, 2.75) is 50.5 Å². The minimum Gasteiger partial charge on any atom is -0.494 e. The molecule has 0 radical (unpaired) electrons. The van der Waals surface area contributed by atoms with E-state index in [1.165, 1.54) is 4.90 Å². The Hall–Kier alpha value is -2.57. The van der Waals surface area contributed by atoms with Crippen molar-refractivity contribution < 1.29 is 19.1 Å². The number of rotatable bonds is 9. The van der Waals surface area contributed by atoms with Gasteiger partial charge in [-0.1, -0.05) is 48.4 Å². The van der Waals surface area contributed by atoms with E-state index in [1.807, 2.05) is 35.2 Å². The van der Waals surface area contributed by atoms with E-state index in [0.717, 1.165) is 63.6 Å². The summed E-state index contributed by atoms with van der Waals surface area (Å²) in [6.07, 6.45) is 6.94. The van der Waals surface area contributed by atoms with Crippen molar-refractivity contribution in [3.63, 3.8) is 0 Å². The van der Waals surface area contributed by atoms with Crippen molar-refractivity contribution in [3.05, 3.63) is 64.7 Å². The third-order valence-electron chi connectivity index (χ3n) is 7.36. The van der Waals surface area contributed by atoms with Crippen molar-refractivity contribution in [2.24, 2.45) is 5.92 Å². The predicted molar refractivity (Wildman–Crippen MR) is 141 cm³/mol. The quantitative estimate of drug-likeness (QED) is 0.414. The van der Waals surface area contributed by atoms with E-state index in [4.69, 9.17) is 21.1 Å².